The van der Waals surface area contributed by atoms with Crippen molar-refractivity contribution in [3.05, 3.63) is 35.9 Å². The molecule has 0 bridgehead atoms. The van der Waals surface area contributed by atoms with Gasteiger partial charge in [-0.25, -0.2) is 0 Å². The molecule has 1 aliphatic heterocycles. The largest absolute Gasteiger partial charge is 0.315 e. The van der Waals surface area contributed by atoms with E-state index in [0.29, 0.717) is 11.5 Å². The fourth-order valence-electron chi connectivity index (χ4n) is 3.48. The summed E-state index contributed by atoms with van der Waals surface area (Å²) in [5.74, 6) is 0. The lowest BCUT2D eigenvalue weighted by molar-refractivity contribution is 0.191. The number of hydrogen-bond donors (Lipinski definition) is 1. The number of likely N-dealkylation sites (N-methyl/N-ethyl adjacent to an activating group) is 1. The fraction of sp³-hybridized carbons (Fsp3) is 0.667. The highest BCUT2D eigenvalue weighted by Crippen LogP contribution is 2.40. The second-order valence-corrected chi connectivity index (χ2v) is 6.16. The first-order valence-electron chi connectivity index (χ1n) is 8.24. The Morgan fingerprint density at radius 3 is 2.40 bits per heavy atom. The first-order valence-corrected chi connectivity index (χ1v) is 8.24. The molecule has 112 valence electrons. The molecule has 1 fully saturated rings. The summed E-state index contributed by atoms with van der Waals surface area (Å²) >= 11 is 0. The average molecular weight is 274 g/mol. The van der Waals surface area contributed by atoms with Crippen LogP contribution in [0.1, 0.15) is 51.6 Å². The van der Waals surface area contributed by atoms with Crippen LogP contribution in [0.3, 0.4) is 0 Å². The number of nitrogens with zero attached hydrogens (tertiary/aromatic N) is 1. The summed E-state index contributed by atoms with van der Waals surface area (Å²) < 4.78 is 0. The maximum atomic E-state index is 3.55. The van der Waals surface area contributed by atoms with Crippen LogP contribution in [-0.4, -0.2) is 31.1 Å². The van der Waals surface area contributed by atoms with Gasteiger partial charge in [0, 0.05) is 19.1 Å². The second kappa shape index (κ2) is 7.24. The van der Waals surface area contributed by atoms with Crippen molar-refractivity contribution in [3.8, 4) is 0 Å². The van der Waals surface area contributed by atoms with E-state index in [1.165, 1.54) is 37.9 Å². The van der Waals surface area contributed by atoms with Crippen molar-refractivity contribution in [2.24, 2.45) is 5.41 Å². The highest BCUT2D eigenvalue weighted by Gasteiger charge is 2.37. The molecule has 1 aromatic carbocycles. The van der Waals surface area contributed by atoms with Gasteiger partial charge in [0.25, 0.3) is 0 Å². The van der Waals surface area contributed by atoms with Crippen LogP contribution in [0.15, 0.2) is 30.3 Å². The van der Waals surface area contributed by atoms with Crippen LogP contribution >= 0.6 is 0 Å². The number of likely N-dealkylation sites (tertiary alicyclic amines) is 1. The van der Waals surface area contributed by atoms with Crippen molar-refractivity contribution in [1.82, 2.24) is 10.2 Å². The zero-order valence-corrected chi connectivity index (χ0v) is 13.4. The molecule has 0 saturated carbocycles. The van der Waals surface area contributed by atoms with E-state index in [0.717, 1.165) is 13.1 Å². The van der Waals surface area contributed by atoms with E-state index in [-0.39, 0.29) is 0 Å². The minimum Gasteiger partial charge on any atom is -0.315 e. The third-order valence-corrected chi connectivity index (χ3v) is 5.18. The summed E-state index contributed by atoms with van der Waals surface area (Å²) in [6.07, 6.45) is 3.97. The minimum absolute atomic E-state index is 0.524. The number of rotatable bonds is 7. The molecule has 2 nitrogen and oxygen atoms in total. The summed E-state index contributed by atoms with van der Waals surface area (Å²) in [7, 11) is 0. The van der Waals surface area contributed by atoms with E-state index in [4.69, 9.17) is 0 Å². The Bertz CT molecular complexity index is 384. The van der Waals surface area contributed by atoms with Crippen molar-refractivity contribution in [2.75, 3.05) is 26.2 Å². The molecule has 2 heteroatoms. The Morgan fingerprint density at radius 1 is 1.15 bits per heavy atom. The molecule has 1 N–H and O–H groups in total. The zero-order valence-electron chi connectivity index (χ0n) is 13.4. The van der Waals surface area contributed by atoms with Gasteiger partial charge in [-0.05, 0) is 43.3 Å². The molecule has 0 aliphatic carbocycles. The van der Waals surface area contributed by atoms with Crippen LogP contribution in [0, 0.1) is 5.41 Å². The van der Waals surface area contributed by atoms with Gasteiger partial charge < -0.3 is 5.32 Å². The third kappa shape index (κ3) is 3.42. The third-order valence-electron chi connectivity index (χ3n) is 5.18. The van der Waals surface area contributed by atoms with Gasteiger partial charge in [-0.3, -0.25) is 4.90 Å². The molecule has 1 aliphatic rings. The molecule has 1 saturated heterocycles. The highest BCUT2D eigenvalue weighted by atomic mass is 15.2. The summed E-state index contributed by atoms with van der Waals surface area (Å²) in [5, 5.41) is 3.55. The lowest BCUT2D eigenvalue weighted by atomic mass is 9.82. The predicted octanol–water partition coefficient (Wildman–Crippen LogP) is 3.85. The normalized spacial score (nSPS) is 20.1. The second-order valence-electron chi connectivity index (χ2n) is 6.16. The van der Waals surface area contributed by atoms with E-state index in [2.05, 4.69) is 61.3 Å². The van der Waals surface area contributed by atoms with Crippen LogP contribution in [-0.2, 0) is 0 Å². The number of hydrogen-bond acceptors (Lipinski definition) is 2. The standard InChI is InChI=1S/C18H30N2/c1-4-18(5-2)12-13-20(15-18)17(14-19-6-3)16-10-8-7-9-11-16/h7-11,17,19H,4-6,12-15H2,1-3H3. The molecule has 1 aromatic rings. The molecular formula is C18H30N2. The Balaban J connectivity index is 2.12. The van der Waals surface area contributed by atoms with Gasteiger partial charge in [-0.1, -0.05) is 51.1 Å². The Kier molecular flexibility index (Phi) is 5.62. The summed E-state index contributed by atoms with van der Waals surface area (Å²) in [5.41, 5.74) is 2.01. The van der Waals surface area contributed by atoms with Gasteiger partial charge >= 0.3 is 0 Å². The summed E-state index contributed by atoms with van der Waals surface area (Å²) in [6, 6.07) is 11.5. The smallest absolute Gasteiger partial charge is 0.0472 e. The van der Waals surface area contributed by atoms with Gasteiger partial charge in [0.1, 0.15) is 0 Å². The van der Waals surface area contributed by atoms with Crippen molar-refractivity contribution in [1.29, 1.82) is 0 Å². The summed E-state index contributed by atoms with van der Waals surface area (Å²) in [4.78, 5) is 2.70. The molecule has 0 aromatic heterocycles. The van der Waals surface area contributed by atoms with Crippen molar-refractivity contribution >= 4 is 0 Å². The molecule has 1 unspecified atom stereocenters. The van der Waals surface area contributed by atoms with Gasteiger partial charge in [0.15, 0.2) is 0 Å². The Labute approximate surface area is 124 Å². The Morgan fingerprint density at radius 2 is 1.85 bits per heavy atom. The van der Waals surface area contributed by atoms with E-state index >= 15 is 0 Å². The lowest BCUT2D eigenvalue weighted by Crippen LogP contribution is -2.36. The topological polar surface area (TPSA) is 15.3 Å². The van der Waals surface area contributed by atoms with Gasteiger partial charge in [0.05, 0.1) is 0 Å². The van der Waals surface area contributed by atoms with Crippen molar-refractivity contribution in [2.45, 2.75) is 46.1 Å². The lowest BCUT2D eigenvalue weighted by Gasteiger charge is -2.32. The molecule has 0 spiro atoms. The van der Waals surface area contributed by atoms with Gasteiger partial charge in [-0.2, -0.15) is 0 Å². The van der Waals surface area contributed by atoms with E-state index in [1.54, 1.807) is 0 Å². The molecule has 1 atom stereocenters. The van der Waals surface area contributed by atoms with Crippen molar-refractivity contribution in [3.63, 3.8) is 0 Å². The van der Waals surface area contributed by atoms with E-state index in [1.807, 2.05) is 0 Å². The fourth-order valence-corrected chi connectivity index (χ4v) is 3.48. The maximum absolute atomic E-state index is 3.55. The van der Waals surface area contributed by atoms with Crippen LogP contribution < -0.4 is 5.32 Å². The highest BCUT2D eigenvalue weighted by molar-refractivity contribution is 5.20. The molecule has 1 heterocycles. The number of nitrogens with one attached hydrogen (secondary N) is 1. The van der Waals surface area contributed by atoms with E-state index in [9.17, 15) is 0 Å². The molecular weight excluding hydrogens is 244 g/mol. The van der Waals surface area contributed by atoms with Gasteiger partial charge in [0.2, 0.25) is 0 Å². The quantitative estimate of drug-likeness (QED) is 0.812. The maximum Gasteiger partial charge on any atom is 0.0472 e. The molecule has 2 rings (SSSR count). The van der Waals surface area contributed by atoms with Crippen LogP contribution in [0.5, 0.6) is 0 Å². The summed E-state index contributed by atoms with van der Waals surface area (Å²) in [6.45, 7) is 11.5. The van der Waals surface area contributed by atoms with E-state index < -0.39 is 0 Å². The monoisotopic (exact) mass is 274 g/mol. The molecule has 0 amide bonds. The molecule has 0 radical (unpaired) electrons. The van der Waals surface area contributed by atoms with Crippen LogP contribution in [0.2, 0.25) is 0 Å². The average Bonchev–Trinajstić information content (AvgIpc) is 2.94. The van der Waals surface area contributed by atoms with Crippen LogP contribution in [0.4, 0.5) is 0 Å². The minimum atomic E-state index is 0.524. The SMILES string of the molecule is CCNCC(c1ccccc1)N1CCC(CC)(CC)C1. The Hall–Kier alpha value is -0.860. The first kappa shape index (κ1) is 15.5. The number of benzene rings is 1. The zero-order chi connectivity index (χ0) is 14.4. The predicted molar refractivity (Wildman–Crippen MR) is 86.9 cm³/mol. The first-order chi connectivity index (χ1) is 9.74. The van der Waals surface area contributed by atoms with Crippen molar-refractivity contribution < 1.29 is 0 Å². The molecule has 20 heavy (non-hydrogen) atoms. The van der Waals surface area contributed by atoms with Gasteiger partial charge in [-0.15, -0.1) is 0 Å². The van der Waals surface area contributed by atoms with Crippen LogP contribution in [0.25, 0.3) is 0 Å².